The first-order valence-electron chi connectivity index (χ1n) is 5.73. The molecule has 2 heterocycles. The number of carbonyl (C=O) groups is 1. The number of benzene rings is 1. The molecule has 5 heteroatoms. The van der Waals surface area contributed by atoms with Crippen molar-refractivity contribution in [1.82, 2.24) is 15.3 Å². The van der Waals surface area contributed by atoms with Gasteiger partial charge in [-0.2, -0.15) is 0 Å². The molecule has 90 valence electrons. The molecule has 0 fully saturated rings. The van der Waals surface area contributed by atoms with Crippen molar-refractivity contribution in [2.45, 2.75) is 13.1 Å². The number of rotatable bonds is 2. The van der Waals surface area contributed by atoms with Gasteiger partial charge in [0.2, 0.25) is 0 Å². The number of nitrogens with zero attached hydrogens (tertiary/aromatic N) is 2. The van der Waals surface area contributed by atoms with Crippen molar-refractivity contribution >= 4 is 11.7 Å². The lowest BCUT2D eigenvalue weighted by atomic mass is 10.1. The van der Waals surface area contributed by atoms with Gasteiger partial charge < -0.3 is 10.6 Å². The molecule has 3 rings (SSSR count). The smallest absolute Gasteiger partial charge is 0.256 e. The Hall–Kier alpha value is -2.27. The fraction of sp³-hybridized carbons (Fsp3) is 0.154. The highest BCUT2D eigenvalue weighted by Gasteiger charge is 2.13. The standard InChI is InChI=1S/C13H12N4O/c18-13(17-12-8-14-3-4-16-12)9-1-2-10-6-15-7-11(10)5-9/h1-5,8,15H,6-7H2,(H,16,17,18). The SMILES string of the molecule is O=C(Nc1cnccn1)c1ccc2c(c1)CNC2. The van der Waals surface area contributed by atoms with Crippen LogP contribution in [-0.2, 0) is 13.1 Å². The summed E-state index contributed by atoms with van der Waals surface area (Å²) >= 11 is 0. The van der Waals surface area contributed by atoms with E-state index in [1.165, 1.54) is 17.3 Å². The molecule has 0 unspecified atom stereocenters. The Morgan fingerprint density at radius 3 is 2.94 bits per heavy atom. The van der Waals surface area contributed by atoms with Crippen LogP contribution in [0.4, 0.5) is 5.82 Å². The first-order chi connectivity index (χ1) is 8.83. The number of fused-ring (bicyclic) bond motifs is 1. The predicted molar refractivity (Wildman–Crippen MR) is 67.0 cm³/mol. The average Bonchev–Trinajstić information content (AvgIpc) is 2.87. The third kappa shape index (κ3) is 2.08. The van der Waals surface area contributed by atoms with Crippen LogP contribution in [0, 0.1) is 0 Å². The number of anilines is 1. The number of hydrogen-bond donors (Lipinski definition) is 2. The van der Waals surface area contributed by atoms with Crippen molar-refractivity contribution in [3.05, 3.63) is 53.5 Å². The van der Waals surface area contributed by atoms with Crippen LogP contribution >= 0.6 is 0 Å². The Morgan fingerprint density at radius 2 is 2.11 bits per heavy atom. The molecule has 1 aromatic heterocycles. The quantitative estimate of drug-likeness (QED) is 0.831. The molecule has 0 saturated heterocycles. The lowest BCUT2D eigenvalue weighted by Crippen LogP contribution is -2.13. The number of carbonyl (C=O) groups excluding carboxylic acids is 1. The second-order valence-electron chi connectivity index (χ2n) is 4.13. The molecule has 2 N–H and O–H groups in total. The lowest BCUT2D eigenvalue weighted by molar-refractivity contribution is 0.102. The molecular formula is C13H12N4O. The number of amides is 1. The number of aromatic nitrogens is 2. The molecule has 1 aliphatic heterocycles. The molecule has 0 saturated carbocycles. The average molecular weight is 240 g/mol. The minimum Gasteiger partial charge on any atom is -0.309 e. The van der Waals surface area contributed by atoms with Gasteiger partial charge >= 0.3 is 0 Å². The van der Waals surface area contributed by atoms with Gasteiger partial charge in [0.25, 0.3) is 5.91 Å². The van der Waals surface area contributed by atoms with Crippen molar-refractivity contribution in [1.29, 1.82) is 0 Å². The minimum atomic E-state index is -0.162. The summed E-state index contributed by atoms with van der Waals surface area (Å²) in [5, 5.41) is 5.97. The zero-order valence-corrected chi connectivity index (χ0v) is 9.68. The second-order valence-corrected chi connectivity index (χ2v) is 4.13. The van der Waals surface area contributed by atoms with Crippen LogP contribution in [0.15, 0.2) is 36.8 Å². The molecule has 0 atom stereocenters. The molecule has 2 aromatic rings. The van der Waals surface area contributed by atoms with Crippen LogP contribution in [0.5, 0.6) is 0 Å². The van der Waals surface area contributed by atoms with E-state index in [2.05, 4.69) is 20.6 Å². The monoisotopic (exact) mass is 240 g/mol. The van der Waals surface area contributed by atoms with Crippen LogP contribution in [-0.4, -0.2) is 15.9 Å². The van der Waals surface area contributed by atoms with Gasteiger partial charge in [-0.05, 0) is 23.3 Å². The molecular weight excluding hydrogens is 228 g/mol. The molecule has 1 aromatic carbocycles. The summed E-state index contributed by atoms with van der Waals surface area (Å²) in [6.07, 6.45) is 4.63. The van der Waals surface area contributed by atoms with Gasteiger partial charge in [-0.1, -0.05) is 6.07 Å². The largest absolute Gasteiger partial charge is 0.309 e. The summed E-state index contributed by atoms with van der Waals surface area (Å²) in [7, 11) is 0. The third-order valence-corrected chi connectivity index (χ3v) is 2.90. The maximum absolute atomic E-state index is 12.0. The third-order valence-electron chi connectivity index (χ3n) is 2.90. The molecule has 1 aliphatic rings. The van der Waals surface area contributed by atoms with Crippen molar-refractivity contribution in [2.75, 3.05) is 5.32 Å². The Kier molecular flexibility index (Phi) is 2.74. The Morgan fingerprint density at radius 1 is 1.22 bits per heavy atom. The number of nitrogens with one attached hydrogen (secondary N) is 2. The van der Waals surface area contributed by atoms with E-state index in [1.807, 2.05) is 18.2 Å². The van der Waals surface area contributed by atoms with Crippen LogP contribution in [0.3, 0.4) is 0 Å². The Bertz CT molecular complexity index is 583. The summed E-state index contributed by atoms with van der Waals surface area (Å²) in [6.45, 7) is 1.70. The fourth-order valence-electron chi connectivity index (χ4n) is 1.99. The summed E-state index contributed by atoms with van der Waals surface area (Å²) in [5.41, 5.74) is 3.08. The molecule has 0 bridgehead atoms. The van der Waals surface area contributed by atoms with E-state index in [4.69, 9.17) is 0 Å². The summed E-state index contributed by atoms with van der Waals surface area (Å²) in [5.74, 6) is 0.298. The summed E-state index contributed by atoms with van der Waals surface area (Å²) in [6, 6.07) is 5.74. The van der Waals surface area contributed by atoms with Gasteiger partial charge in [0.05, 0.1) is 6.20 Å². The van der Waals surface area contributed by atoms with Crippen LogP contribution in [0.25, 0.3) is 0 Å². The zero-order chi connectivity index (χ0) is 12.4. The van der Waals surface area contributed by atoms with E-state index in [1.54, 1.807) is 12.4 Å². The minimum absolute atomic E-state index is 0.162. The molecule has 1 amide bonds. The summed E-state index contributed by atoms with van der Waals surface area (Å²) in [4.78, 5) is 19.9. The van der Waals surface area contributed by atoms with E-state index < -0.39 is 0 Å². The molecule has 0 radical (unpaired) electrons. The van der Waals surface area contributed by atoms with E-state index in [-0.39, 0.29) is 5.91 Å². The normalized spacial score (nSPS) is 13.1. The van der Waals surface area contributed by atoms with Crippen LogP contribution in [0.1, 0.15) is 21.5 Å². The molecule has 0 spiro atoms. The Labute approximate surface area is 104 Å². The van der Waals surface area contributed by atoms with Gasteiger partial charge in [0.15, 0.2) is 5.82 Å². The highest BCUT2D eigenvalue weighted by molar-refractivity contribution is 6.03. The number of hydrogen-bond acceptors (Lipinski definition) is 4. The molecule has 18 heavy (non-hydrogen) atoms. The van der Waals surface area contributed by atoms with Gasteiger partial charge in [-0.15, -0.1) is 0 Å². The summed E-state index contributed by atoms with van der Waals surface area (Å²) < 4.78 is 0. The first-order valence-corrected chi connectivity index (χ1v) is 5.73. The maximum atomic E-state index is 12.0. The van der Waals surface area contributed by atoms with Crippen molar-refractivity contribution in [3.63, 3.8) is 0 Å². The van der Waals surface area contributed by atoms with Crippen molar-refractivity contribution in [2.24, 2.45) is 0 Å². The van der Waals surface area contributed by atoms with E-state index in [9.17, 15) is 4.79 Å². The van der Waals surface area contributed by atoms with E-state index in [0.29, 0.717) is 11.4 Å². The van der Waals surface area contributed by atoms with E-state index in [0.717, 1.165) is 13.1 Å². The van der Waals surface area contributed by atoms with Gasteiger partial charge in [-0.25, -0.2) is 4.98 Å². The maximum Gasteiger partial charge on any atom is 0.256 e. The lowest BCUT2D eigenvalue weighted by Gasteiger charge is -2.05. The van der Waals surface area contributed by atoms with Gasteiger partial charge in [0, 0.05) is 31.0 Å². The van der Waals surface area contributed by atoms with Crippen molar-refractivity contribution in [3.8, 4) is 0 Å². The predicted octanol–water partition coefficient (Wildman–Crippen LogP) is 1.33. The molecule has 0 aliphatic carbocycles. The fourth-order valence-corrected chi connectivity index (χ4v) is 1.99. The highest BCUT2D eigenvalue weighted by Crippen LogP contribution is 2.17. The highest BCUT2D eigenvalue weighted by atomic mass is 16.1. The van der Waals surface area contributed by atoms with Gasteiger partial charge in [0.1, 0.15) is 0 Å². The first kappa shape index (κ1) is 10.9. The van der Waals surface area contributed by atoms with Gasteiger partial charge in [-0.3, -0.25) is 9.78 Å². The van der Waals surface area contributed by atoms with E-state index >= 15 is 0 Å². The van der Waals surface area contributed by atoms with Crippen molar-refractivity contribution < 1.29 is 4.79 Å². The van der Waals surface area contributed by atoms with Crippen LogP contribution in [0.2, 0.25) is 0 Å². The molecule has 5 nitrogen and oxygen atoms in total. The zero-order valence-electron chi connectivity index (χ0n) is 9.68. The van der Waals surface area contributed by atoms with Crippen LogP contribution < -0.4 is 10.6 Å². The second kappa shape index (κ2) is 4.54. The topological polar surface area (TPSA) is 66.9 Å². The Balaban J connectivity index is 1.81.